The Hall–Kier alpha value is -1.88. The van der Waals surface area contributed by atoms with Gasteiger partial charge in [-0.1, -0.05) is 12.1 Å². The third kappa shape index (κ3) is 2.42. The summed E-state index contributed by atoms with van der Waals surface area (Å²) in [5, 5.41) is 13.1. The van der Waals surface area contributed by atoms with Gasteiger partial charge in [0, 0.05) is 12.6 Å². The first-order valence-electron chi connectivity index (χ1n) is 7.76. The molecule has 21 heavy (non-hydrogen) atoms. The smallest absolute Gasteiger partial charge is 0.172 e. The number of nitrogens with one attached hydrogen (secondary N) is 1. The van der Waals surface area contributed by atoms with Crippen LogP contribution in [0.15, 0.2) is 24.3 Å². The lowest BCUT2D eigenvalue weighted by molar-refractivity contribution is 0.266. The van der Waals surface area contributed by atoms with Crippen LogP contribution in [0.25, 0.3) is 11.0 Å². The van der Waals surface area contributed by atoms with Gasteiger partial charge < -0.3 is 15.3 Å². The molecule has 1 saturated carbocycles. The van der Waals surface area contributed by atoms with Crippen molar-refractivity contribution in [2.45, 2.75) is 37.8 Å². The lowest BCUT2D eigenvalue weighted by Crippen LogP contribution is -2.33. The van der Waals surface area contributed by atoms with Gasteiger partial charge in [0.1, 0.15) is 0 Å². The van der Waals surface area contributed by atoms with Crippen molar-refractivity contribution in [3.63, 3.8) is 0 Å². The number of benzene rings is 1. The highest BCUT2D eigenvalue weighted by molar-refractivity contribution is 5.80. The summed E-state index contributed by atoms with van der Waals surface area (Å²) in [4.78, 5) is 11.8. The summed E-state index contributed by atoms with van der Waals surface area (Å²) in [6.45, 7) is 1.12. The lowest BCUT2D eigenvalue weighted by Gasteiger charge is -2.26. The molecule has 0 spiro atoms. The first-order valence-corrected chi connectivity index (χ1v) is 7.76. The summed E-state index contributed by atoms with van der Waals surface area (Å²) >= 11 is 0. The minimum atomic E-state index is 0.167. The molecule has 0 radical (unpaired) electrons. The topological polar surface area (TPSA) is 61.3 Å². The van der Waals surface area contributed by atoms with Crippen LogP contribution < -0.4 is 10.2 Å². The number of hydrogen-bond donors (Lipinski definition) is 2. The Bertz CT molecular complexity index is 656. The largest absolute Gasteiger partial charge is 0.394 e. The van der Waals surface area contributed by atoms with E-state index >= 15 is 0 Å². The molecule has 1 aliphatic heterocycles. The van der Waals surface area contributed by atoms with E-state index in [4.69, 9.17) is 9.97 Å². The standard InChI is InChI=1S/C16H20N4O/c21-10-12-4-3-9-20(12)16-15(17-11-7-8-11)18-13-5-1-2-6-14(13)19-16/h1-2,5-6,11-12,21H,3-4,7-10H2,(H,17,18)/t12-/m1/s1. The number of fused-ring (bicyclic) bond motifs is 1. The maximum atomic E-state index is 9.59. The first-order chi connectivity index (χ1) is 10.3. The summed E-state index contributed by atoms with van der Waals surface area (Å²) < 4.78 is 0. The Labute approximate surface area is 124 Å². The Morgan fingerprint density at radius 2 is 1.90 bits per heavy atom. The normalized spacial score (nSPS) is 22.0. The van der Waals surface area contributed by atoms with Gasteiger partial charge in [-0.25, -0.2) is 9.97 Å². The van der Waals surface area contributed by atoms with Gasteiger partial charge in [-0.3, -0.25) is 0 Å². The van der Waals surface area contributed by atoms with Crippen molar-refractivity contribution in [3.8, 4) is 0 Å². The van der Waals surface area contributed by atoms with E-state index in [9.17, 15) is 5.11 Å². The Morgan fingerprint density at radius 3 is 2.62 bits per heavy atom. The van der Waals surface area contributed by atoms with Crippen molar-refractivity contribution in [3.05, 3.63) is 24.3 Å². The SMILES string of the molecule is OC[C@H]1CCCN1c1nc2ccccc2nc1NC1CC1. The van der Waals surface area contributed by atoms with Crippen LogP contribution in [0.3, 0.4) is 0 Å². The number of hydrogen-bond acceptors (Lipinski definition) is 5. The molecule has 5 nitrogen and oxygen atoms in total. The van der Waals surface area contributed by atoms with Crippen molar-refractivity contribution >= 4 is 22.7 Å². The van der Waals surface area contributed by atoms with Gasteiger partial charge in [0.05, 0.1) is 23.7 Å². The van der Waals surface area contributed by atoms with Crippen LogP contribution in [0.1, 0.15) is 25.7 Å². The second kappa shape index (κ2) is 5.15. The highest BCUT2D eigenvalue weighted by atomic mass is 16.3. The van der Waals surface area contributed by atoms with Crippen LogP contribution in [-0.4, -0.2) is 40.3 Å². The first kappa shape index (κ1) is 12.8. The molecule has 2 heterocycles. The predicted octanol–water partition coefficient (Wildman–Crippen LogP) is 2.17. The molecular weight excluding hydrogens is 264 g/mol. The minimum Gasteiger partial charge on any atom is -0.394 e. The van der Waals surface area contributed by atoms with Gasteiger partial charge in [-0.15, -0.1) is 0 Å². The minimum absolute atomic E-state index is 0.167. The average molecular weight is 284 g/mol. The zero-order valence-electron chi connectivity index (χ0n) is 12.0. The molecule has 5 heteroatoms. The van der Waals surface area contributed by atoms with Gasteiger partial charge >= 0.3 is 0 Å². The van der Waals surface area contributed by atoms with E-state index in [2.05, 4.69) is 10.2 Å². The summed E-state index contributed by atoms with van der Waals surface area (Å²) in [7, 11) is 0. The Kier molecular flexibility index (Phi) is 3.15. The summed E-state index contributed by atoms with van der Waals surface area (Å²) in [6.07, 6.45) is 4.53. The molecule has 1 saturated heterocycles. The van der Waals surface area contributed by atoms with E-state index in [1.165, 1.54) is 12.8 Å². The van der Waals surface area contributed by atoms with Crippen molar-refractivity contribution in [1.29, 1.82) is 0 Å². The molecule has 2 N–H and O–H groups in total. The zero-order valence-corrected chi connectivity index (χ0v) is 12.0. The van der Waals surface area contributed by atoms with Crippen LogP contribution in [0.5, 0.6) is 0 Å². The number of nitrogens with zero attached hydrogens (tertiary/aromatic N) is 3. The third-order valence-electron chi connectivity index (χ3n) is 4.33. The fourth-order valence-corrected chi connectivity index (χ4v) is 3.01. The van der Waals surface area contributed by atoms with Crippen molar-refractivity contribution in [2.24, 2.45) is 0 Å². The maximum Gasteiger partial charge on any atom is 0.172 e. The highest BCUT2D eigenvalue weighted by Gasteiger charge is 2.30. The number of aromatic nitrogens is 2. The van der Waals surface area contributed by atoms with Crippen molar-refractivity contribution in [2.75, 3.05) is 23.4 Å². The molecule has 1 aromatic heterocycles. The highest BCUT2D eigenvalue weighted by Crippen LogP contribution is 2.33. The van der Waals surface area contributed by atoms with Crippen LogP contribution >= 0.6 is 0 Å². The summed E-state index contributed by atoms with van der Waals surface area (Å²) in [6, 6.07) is 8.68. The van der Waals surface area contributed by atoms with Gasteiger partial charge in [0.15, 0.2) is 11.6 Å². The van der Waals surface area contributed by atoms with Gasteiger partial charge in [-0.05, 0) is 37.8 Å². The molecule has 0 unspecified atom stereocenters. The fourth-order valence-electron chi connectivity index (χ4n) is 3.01. The van der Waals surface area contributed by atoms with E-state index in [1.54, 1.807) is 0 Å². The number of anilines is 2. The molecule has 110 valence electrons. The van der Waals surface area contributed by atoms with E-state index in [-0.39, 0.29) is 12.6 Å². The number of rotatable bonds is 4. The van der Waals surface area contributed by atoms with Gasteiger partial charge in [0.25, 0.3) is 0 Å². The quantitative estimate of drug-likeness (QED) is 0.901. The van der Waals surface area contributed by atoms with Gasteiger partial charge in [-0.2, -0.15) is 0 Å². The molecule has 4 rings (SSSR count). The molecule has 0 amide bonds. The van der Waals surface area contributed by atoms with E-state index in [1.807, 2.05) is 24.3 Å². The van der Waals surface area contributed by atoms with E-state index < -0.39 is 0 Å². The lowest BCUT2D eigenvalue weighted by atomic mass is 10.2. The molecule has 2 aromatic rings. The second-order valence-corrected chi connectivity index (χ2v) is 5.98. The number of aliphatic hydroxyl groups excluding tert-OH is 1. The van der Waals surface area contributed by atoms with Crippen molar-refractivity contribution < 1.29 is 5.11 Å². The Morgan fingerprint density at radius 1 is 1.14 bits per heavy atom. The van der Waals surface area contributed by atoms with Crippen LogP contribution in [0, 0.1) is 0 Å². The predicted molar refractivity (Wildman–Crippen MR) is 83.6 cm³/mol. The number of aliphatic hydroxyl groups is 1. The second-order valence-electron chi connectivity index (χ2n) is 5.98. The van der Waals surface area contributed by atoms with Crippen molar-refractivity contribution in [1.82, 2.24) is 9.97 Å². The fraction of sp³-hybridized carbons (Fsp3) is 0.500. The molecule has 1 atom stereocenters. The molecule has 2 fully saturated rings. The Balaban J connectivity index is 1.79. The molecule has 1 aliphatic carbocycles. The third-order valence-corrected chi connectivity index (χ3v) is 4.33. The van der Waals surface area contributed by atoms with Crippen LogP contribution in [-0.2, 0) is 0 Å². The monoisotopic (exact) mass is 284 g/mol. The molecule has 2 aliphatic rings. The average Bonchev–Trinajstić information content (AvgIpc) is 3.20. The maximum absolute atomic E-state index is 9.59. The summed E-state index contributed by atoms with van der Waals surface area (Å²) in [5.41, 5.74) is 1.83. The van der Waals surface area contributed by atoms with E-state index in [0.29, 0.717) is 6.04 Å². The van der Waals surface area contributed by atoms with Gasteiger partial charge in [0.2, 0.25) is 0 Å². The molecular formula is C16H20N4O. The van der Waals surface area contributed by atoms with Crippen LogP contribution in [0.4, 0.5) is 11.6 Å². The molecule has 0 bridgehead atoms. The summed E-state index contributed by atoms with van der Waals surface area (Å²) in [5.74, 6) is 1.77. The molecule has 1 aromatic carbocycles. The van der Waals surface area contributed by atoms with Crippen LogP contribution in [0.2, 0.25) is 0 Å². The van der Waals surface area contributed by atoms with E-state index in [0.717, 1.165) is 42.1 Å². The zero-order chi connectivity index (χ0) is 14.2. The number of para-hydroxylation sites is 2.